The fraction of sp³-hybridized carbons (Fsp3) is 0. The van der Waals surface area contributed by atoms with E-state index in [-0.39, 0.29) is 0 Å². The lowest BCUT2D eigenvalue weighted by atomic mass is 10.3. The highest BCUT2D eigenvalue weighted by atomic mass is 16.7. The highest BCUT2D eigenvalue weighted by Crippen LogP contribution is 2.11. The van der Waals surface area contributed by atoms with E-state index in [4.69, 9.17) is 9.25 Å². The van der Waals surface area contributed by atoms with E-state index >= 15 is 0 Å². The van der Waals surface area contributed by atoms with Crippen molar-refractivity contribution in [2.45, 2.75) is 0 Å². The van der Waals surface area contributed by atoms with E-state index in [2.05, 4.69) is 0 Å². The van der Waals surface area contributed by atoms with Crippen LogP contribution in [0.4, 0.5) is 0 Å². The summed E-state index contributed by atoms with van der Waals surface area (Å²) >= 11 is 0. The second kappa shape index (κ2) is 3.70. The number of nitrogens with zero attached hydrogens (tertiary/aromatic N) is 1. The van der Waals surface area contributed by atoms with Gasteiger partial charge in [0, 0.05) is 6.07 Å². The van der Waals surface area contributed by atoms with Crippen LogP contribution in [-0.4, -0.2) is 0 Å². The Balaban J connectivity index is 2.01. The number of benzene rings is 2. The van der Waals surface area contributed by atoms with Crippen LogP contribution in [-0.2, 0) is 0 Å². The molecule has 0 atom stereocenters. The van der Waals surface area contributed by atoms with Crippen molar-refractivity contribution in [2.24, 2.45) is 0 Å². The highest BCUT2D eigenvalue weighted by Gasteiger charge is 2.15. The summed E-state index contributed by atoms with van der Waals surface area (Å²) in [5, 5.41) is 0. The molecule has 0 aliphatic carbocycles. The molecule has 0 saturated heterocycles. The average molecular weight is 212 g/mol. The summed E-state index contributed by atoms with van der Waals surface area (Å²) in [6, 6.07) is 17.3. The third-order valence-electron chi connectivity index (χ3n) is 2.33. The van der Waals surface area contributed by atoms with Gasteiger partial charge in [0.05, 0.1) is 4.73 Å². The minimum absolute atomic E-state index is 0.777. The molecular weight excluding hydrogens is 202 g/mol. The summed E-state index contributed by atoms with van der Waals surface area (Å²) in [5.41, 5.74) is 1.71. The lowest BCUT2D eigenvalue weighted by molar-refractivity contribution is -0.857. The first-order chi connectivity index (χ1) is 7.93. The standard InChI is InChI=1S/C13H10NO2/c1-2-6-11(7-3-1)16-14-10-15-13-9-5-4-8-12(13)14/h1-10H/q+1. The van der Waals surface area contributed by atoms with Gasteiger partial charge < -0.3 is 4.42 Å². The third kappa shape index (κ3) is 1.52. The Morgan fingerprint density at radius 1 is 0.875 bits per heavy atom. The first kappa shape index (κ1) is 8.97. The number of oxazole rings is 1. The molecule has 3 nitrogen and oxygen atoms in total. The van der Waals surface area contributed by atoms with Crippen LogP contribution in [0.5, 0.6) is 5.75 Å². The van der Waals surface area contributed by atoms with Crippen LogP contribution in [0.15, 0.2) is 65.4 Å². The van der Waals surface area contributed by atoms with Crippen LogP contribution < -0.4 is 9.57 Å². The number of para-hydroxylation sites is 3. The van der Waals surface area contributed by atoms with Crippen molar-refractivity contribution >= 4 is 11.1 Å². The van der Waals surface area contributed by atoms with Gasteiger partial charge in [-0.2, -0.15) is 0 Å². The summed E-state index contributed by atoms with van der Waals surface area (Å²) in [6.07, 6.45) is 1.55. The molecule has 0 N–H and O–H groups in total. The topological polar surface area (TPSA) is 26.2 Å². The van der Waals surface area contributed by atoms with E-state index < -0.39 is 0 Å². The minimum atomic E-state index is 0.777. The molecule has 0 unspecified atom stereocenters. The molecule has 0 radical (unpaired) electrons. The Kier molecular flexibility index (Phi) is 2.07. The predicted molar refractivity (Wildman–Crippen MR) is 58.9 cm³/mol. The zero-order valence-corrected chi connectivity index (χ0v) is 8.54. The lowest BCUT2D eigenvalue weighted by Crippen LogP contribution is -2.37. The molecule has 2 aromatic carbocycles. The minimum Gasteiger partial charge on any atom is -0.400 e. The molecular formula is C13H10NO2+. The SMILES string of the molecule is c1ccc(O[n+]2coc3ccccc32)cc1. The Labute approximate surface area is 92.5 Å². The van der Waals surface area contributed by atoms with Gasteiger partial charge in [0.1, 0.15) is 0 Å². The van der Waals surface area contributed by atoms with Gasteiger partial charge >= 0.3 is 11.9 Å². The molecule has 0 spiro atoms. The lowest BCUT2D eigenvalue weighted by Gasteiger charge is -1.93. The second-order valence-electron chi connectivity index (χ2n) is 3.42. The van der Waals surface area contributed by atoms with Gasteiger partial charge in [0.25, 0.3) is 0 Å². The Morgan fingerprint density at radius 3 is 2.50 bits per heavy atom. The number of hydrogen-bond acceptors (Lipinski definition) is 2. The maximum absolute atomic E-state index is 5.65. The summed E-state index contributed by atoms with van der Waals surface area (Å²) in [5.74, 6) is 0.777. The molecule has 1 aromatic heterocycles. The van der Waals surface area contributed by atoms with Crippen molar-refractivity contribution < 1.29 is 14.0 Å². The monoisotopic (exact) mass is 212 g/mol. The Morgan fingerprint density at radius 2 is 1.62 bits per heavy atom. The predicted octanol–water partition coefficient (Wildman–Crippen LogP) is 2.56. The van der Waals surface area contributed by atoms with Gasteiger partial charge in [-0.15, -0.1) is 0 Å². The molecule has 0 fully saturated rings. The largest absolute Gasteiger partial charge is 0.400 e. The maximum atomic E-state index is 5.65. The van der Waals surface area contributed by atoms with Crippen molar-refractivity contribution in [1.82, 2.24) is 0 Å². The Bertz CT molecular complexity index is 601. The molecule has 0 aliphatic heterocycles. The van der Waals surface area contributed by atoms with E-state index in [9.17, 15) is 0 Å². The molecule has 0 aliphatic rings. The van der Waals surface area contributed by atoms with E-state index in [1.165, 1.54) is 0 Å². The summed E-state index contributed by atoms with van der Waals surface area (Å²) in [4.78, 5) is 5.65. The normalized spacial score (nSPS) is 10.5. The van der Waals surface area contributed by atoms with E-state index in [0.717, 1.165) is 16.8 Å². The number of hydrogen-bond donors (Lipinski definition) is 0. The van der Waals surface area contributed by atoms with Crippen LogP contribution in [0.1, 0.15) is 0 Å². The van der Waals surface area contributed by atoms with Crippen LogP contribution in [0.3, 0.4) is 0 Å². The summed E-state index contributed by atoms with van der Waals surface area (Å²) in [7, 11) is 0. The van der Waals surface area contributed by atoms with E-state index in [1.807, 2.05) is 54.6 Å². The molecule has 3 heteroatoms. The first-order valence-corrected chi connectivity index (χ1v) is 5.05. The smallest absolute Gasteiger partial charge is 0.386 e. The van der Waals surface area contributed by atoms with Gasteiger partial charge in [-0.05, 0) is 18.2 Å². The zero-order chi connectivity index (χ0) is 10.8. The van der Waals surface area contributed by atoms with E-state index in [1.54, 1.807) is 11.1 Å². The van der Waals surface area contributed by atoms with Crippen LogP contribution in [0.2, 0.25) is 0 Å². The number of aromatic nitrogens is 1. The molecule has 0 saturated carbocycles. The van der Waals surface area contributed by atoms with Crippen molar-refractivity contribution in [2.75, 3.05) is 0 Å². The third-order valence-corrected chi connectivity index (χ3v) is 2.33. The molecule has 3 rings (SSSR count). The van der Waals surface area contributed by atoms with Gasteiger partial charge in [-0.1, -0.05) is 30.3 Å². The summed E-state index contributed by atoms with van der Waals surface area (Å²) < 4.78 is 6.97. The first-order valence-electron chi connectivity index (χ1n) is 5.05. The maximum Gasteiger partial charge on any atom is 0.386 e. The van der Waals surface area contributed by atoms with Crippen molar-refractivity contribution in [3.05, 3.63) is 61.0 Å². The fourth-order valence-electron chi connectivity index (χ4n) is 1.57. The van der Waals surface area contributed by atoms with Crippen molar-refractivity contribution in [3.63, 3.8) is 0 Å². The van der Waals surface area contributed by atoms with Crippen LogP contribution >= 0.6 is 0 Å². The van der Waals surface area contributed by atoms with Gasteiger partial charge in [-0.3, -0.25) is 0 Å². The van der Waals surface area contributed by atoms with E-state index in [0.29, 0.717) is 0 Å². The number of fused-ring (bicyclic) bond motifs is 1. The van der Waals surface area contributed by atoms with Crippen LogP contribution in [0.25, 0.3) is 11.1 Å². The Hall–Kier alpha value is -2.29. The highest BCUT2D eigenvalue weighted by molar-refractivity contribution is 5.67. The fourth-order valence-corrected chi connectivity index (χ4v) is 1.57. The van der Waals surface area contributed by atoms with Crippen molar-refractivity contribution in [3.8, 4) is 5.75 Å². The molecule has 1 heterocycles. The molecule has 0 bridgehead atoms. The van der Waals surface area contributed by atoms with Gasteiger partial charge in [0.2, 0.25) is 11.3 Å². The molecule has 16 heavy (non-hydrogen) atoms. The molecule has 3 aromatic rings. The zero-order valence-electron chi connectivity index (χ0n) is 8.54. The average Bonchev–Trinajstić information content (AvgIpc) is 2.74. The van der Waals surface area contributed by atoms with Crippen molar-refractivity contribution in [1.29, 1.82) is 0 Å². The van der Waals surface area contributed by atoms with Gasteiger partial charge in [-0.25, -0.2) is 4.84 Å². The van der Waals surface area contributed by atoms with Crippen LogP contribution in [0, 0.1) is 0 Å². The number of rotatable bonds is 2. The molecule has 0 amide bonds. The molecule has 78 valence electrons. The summed E-state index contributed by atoms with van der Waals surface area (Å²) in [6.45, 7) is 0. The quantitative estimate of drug-likeness (QED) is 0.610. The van der Waals surface area contributed by atoms with Gasteiger partial charge in [0.15, 0.2) is 0 Å². The second-order valence-corrected chi connectivity index (χ2v) is 3.42.